The standard InChI is InChI=1S/C15H16N2O2/c1-10-6-11(2)16-14(7-10)17-15(19)9-12-4-3-5-13(18)8-12/h3-8,18H,9H2,1-2H3,(H,16,17,19). The molecule has 0 fully saturated rings. The van der Waals surface area contributed by atoms with Crippen molar-refractivity contribution in [2.75, 3.05) is 5.32 Å². The van der Waals surface area contributed by atoms with Gasteiger partial charge in [0.15, 0.2) is 0 Å². The summed E-state index contributed by atoms with van der Waals surface area (Å²) in [6.45, 7) is 3.84. The van der Waals surface area contributed by atoms with E-state index in [4.69, 9.17) is 0 Å². The highest BCUT2D eigenvalue weighted by molar-refractivity contribution is 5.91. The van der Waals surface area contributed by atoms with Crippen LogP contribution in [0.3, 0.4) is 0 Å². The van der Waals surface area contributed by atoms with Crippen LogP contribution in [0.2, 0.25) is 0 Å². The van der Waals surface area contributed by atoms with Crippen molar-refractivity contribution < 1.29 is 9.90 Å². The fourth-order valence-electron chi connectivity index (χ4n) is 1.94. The number of aromatic hydroxyl groups is 1. The summed E-state index contributed by atoms with van der Waals surface area (Å²) in [6.07, 6.45) is 0.211. The third kappa shape index (κ3) is 3.81. The Morgan fingerprint density at radius 3 is 2.74 bits per heavy atom. The molecule has 0 unspecified atom stereocenters. The van der Waals surface area contributed by atoms with Crippen LogP contribution in [0.5, 0.6) is 5.75 Å². The number of nitrogens with one attached hydrogen (secondary N) is 1. The van der Waals surface area contributed by atoms with Crippen LogP contribution in [0, 0.1) is 13.8 Å². The number of hydrogen-bond acceptors (Lipinski definition) is 3. The van der Waals surface area contributed by atoms with Crippen molar-refractivity contribution in [2.24, 2.45) is 0 Å². The fourth-order valence-corrected chi connectivity index (χ4v) is 1.94. The Morgan fingerprint density at radius 1 is 1.26 bits per heavy atom. The molecule has 4 heteroatoms. The van der Waals surface area contributed by atoms with Gasteiger partial charge in [0.05, 0.1) is 6.42 Å². The molecule has 1 amide bonds. The molecule has 0 aliphatic heterocycles. The van der Waals surface area contributed by atoms with Crippen LogP contribution in [0.25, 0.3) is 0 Å². The van der Waals surface area contributed by atoms with Crippen LogP contribution in [0.1, 0.15) is 16.8 Å². The number of hydrogen-bond donors (Lipinski definition) is 2. The van der Waals surface area contributed by atoms with Crippen LogP contribution < -0.4 is 5.32 Å². The molecule has 2 N–H and O–H groups in total. The Labute approximate surface area is 112 Å². The fraction of sp³-hybridized carbons (Fsp3) is 0.200. The molecular formula is C15H16N2O2. The summed E-state index contributed by atoms with van der Waals surface area (Å²) < 4.78 is 0. The highest BCUT2D eigenvalue weighted by Gasteiger charge is 2.06. The number of aryl methyl sites for hydroxylation is 2. The lowest BCUT2D eigenvalue weighted by molar-refractivity contribution is -0.115. The molecule has 0 aliphatic rings. The topological polar surface area (TPSA) is 62.2 Å². The molecule has 0 aliphatic carbocycles. The number of rotatable bonds is 3. The zero-order valence-corrected chi connectivity index (χ0v) is 11.0. The smallest absolute Gasteiger partial charge is 0.229 e. The predicted octanol–water partition coefficient (Wildman–Crippen LogP) is 2.59. The van der Waals surface area contributed by atoms with E-state index in [1.54, 1.807) is 24.3 Å². The second-order valence-electron chi connectivity index (χ2n) is 4.57. The molecule has 1 aromatic heterocycles. The number of anilines is 1. The van der Waals surface area contributed by atoms with Crippen LogP contribution in [-0.4, -0.2) is 16.0 Å². The normalized spacial score (nSPS) is 10.2. The van der Waals surface area contributed by atoms with E-state index >= 15 is 0 Å². The van der Waals surface area contributed by atoms with Gasteiger partial charge in [-0.2, -0.15) is 0 Å². The molecule has 2 rings (SSSR count). The van der Waals surface area contributed by atoms with Crippen molar-refractivity contribution in [1.82, 2.24) is 4.98 Å². The van der Waals surface area contributed by atoms with E-state index in [-0.39, 0.29) is 18.1 Å². The van der Waals surface area contributed by atoms with Gasteiger partial charge in [0.25, 0.3) is 0 Å². The Hall–Kier alpha value is -2.36. The van der Waals surface area contributed by atoms with Gasteiger partial charge in [-0.3, -0.25) is 4.79 Å². The minimum absolute atomic E-state index is 0.150. The monoisotopic (exact) mass is 256 g/mol. The third-order valence-corrected chi connectivity index (χ3v) is 2.64. The van der Waals surface area contributed by atoms with Crippen molar-refractivity contribution in [3.05, 3.63) is 53.2 Å². The average Bonchev–Trinajstić information content (AvgIpc) is 2.26. The molecule has 2 aromatic rings. The molecule has 19 heavy (non-hydrogen) atoms. The van der Waals surface area contributed by atoms with Gasteiger partial charge in [-0.05, 0) is 49.2 Å². The van der Waals surface area contributed by atoms with E-state index in [1.807, 2.05) is 26.0 Å². The lowest BCUT2D eigenvalue weighted by Gasteiger charge is -2.07. The molecular weight excluding hydrogens is 240 g/mol. The average molecular weight is 256 g/mol. The number of phenolic OH excluding ortho intramolecular Hbond substituents is 1. The van der Waals surface area contributed by atoms with Crippen molar-refractivity contribution in [2.45, 2.75) is 20.3 Å². The van der Waals surface area contributed by atoms with Gasteiger partial charge in [-0.1, -0.05) is 12.1 Å². The van der Waals surface area contributed by atoms with Crippen molar-refractivity contribution >= 4 is 11.7 Å². The largest absolute Gasteiger partial charge is 0.508 e. The van der Waals surface area contributed by atoms with Gasteiger partial charge < -0.3 is 10.4 Å². The highest BCUT2D eigenvalue weighted by atomic mass is 16.3. The first-order chi connectivity index (χ1) is 9.02. The quantitative estimate of drug-likeness (QED) is 0.887. The number of benzene rings is 1. The lowest BCUT2D eigenvalue weighted by atomic mass is 10.1. The molecule has 0 atom stereocenters. The van der Waals surface area contributed by atoms with Gasteiger partial charge in [0.1, 0.15) is 11.6 Å². The molecule has 1 aromatic carbocycles. The van der Waals surface area contributed by atoms with Gasteiger partial charge in [0.2, 0.25) is 5.91 Å². The predicted molar refractivity (Wildman–Crippen MR) is 74.2 cm³/mol. The minimum atomic E-state index is -0.150. The number of carbonyl (C=O) groups excluding carboxylic acids is 1. The second-order valence-corrected chi connectivity index (χ2v) is 4.57. The summed E-state index contributed by atoms with van der Waals surface area (Å²) in [5, 5.41) is 12.1. The zero-order chi connectivity index (χ0) is 13.8. The minimum Gasteiger partial charge on any atom is -0.508 e. The maximum absolute atomic E-state index is 11.9. The SMILES string of the molecule is Cc1cc(C)nc(NC(=O)Cc2cccc(O)c2)c1. The maximum atomic E-state index is 11.9. The summed E-state index contributed by atoms with van der Waals surface area (Å²) in [5.41, 5.74) is 2.69. The molecule has 0 saturated heterocycles. The first-order valence-corrected chi connectivity index (χ1v) is 6.06. The summed E-state index contributed by atoms with van der Waals surface area (Å²) in [6, 6.07) is 10.4. The van der Waals surface area contributed by atoms with Gasteiger partial charge in [0, 0.05) is 5.69 Å². The first kappa shape index (κ1) is 13.1. The molecule has 1 heterocycles. The van der Waals surface area contributed by atoms with Crippen LogP contribution in [0.4, 0.5) is 5.82 Å². The van der Waals surface area contributed by atoms with Crippen molar-refractivity contribution in [3.8, 4) is 5.75 Å². The first-order valence-electron chi connectivity index (χ1n) is 6.06. The molecule has 0 saturated carbocycles. The number of carbonyl (C=O) groups is 1. The molecule has 0 radical (unpaired) electrons. The Balaban J connectivity index is 2.05. The summed E-state index contributed by atoms with van der Waals surface area (Å²) in [5.74, 6) is 0.570. The number of aromatic nitrogens is 1. The number of pyridine rings is 1. The van der Waals surface area contributed by atoms with E-state index in [1.165, 1.54) is 0 Å². The van der Waals surface area contributed by atoms with E-state index in [0.717, 1.165) is 16.8 Å². The molecule has 0 spiro atoms. The van der Waals surface area contributed by atoms with Crippen molar-refractivity contribution in [1.29, 1.82) is 0 Å². The maximum Gasteiger partial charge on any atom is 0.229 e. The molecule has 98 valence electrons. The molecule has 0 bridgehead atoms. The Bertz CT molecular complexity index is 589. The van der Waals surface area contributed by atoms with Crippen LogP contribution >= 0.6 is 0 Å². The van der Waals surface area contributed by atoms with Gasteiger partial charge >= 0.3 is 0 Å². The van der Waals surface area contributed by atoms with Gasteiger partial charge in [-0.25, -0.2) is 4.98 Å². The Morgan fingerprint density at radius 2 is 2.05 bits per heavy atom. The lowest BCUT2D eigenvalue weighted by Crippen LogP contribution is -2.15. The number of phenols is 1. The number of nitrogens with zero attached hydrogens (tertiary/aromatic N) is 1. The van der Waals surface area contributed by atoms with E-state index < -0.39 is 0 Å². The summed E-state index contributed by atoms with van der Waals surface area (Å²) in [4.78, 5) is 16.1. The van der Waals surface area contributed by atoms with Crippen molar-refractivity contribution in [3.63, 3.8) is 0 Å². The second kappa shape index (κ2) is 5.52. The summed E-state index contributed by atoms with van der Waals surface area (Å²) in [7, 11) is 0. The summed E-state index contributed by atoms with van der Waals surface area (Å²) >= 11 is 0. The van der Waals surface area contributed by atoms with E-state index in [2.05, 4.69) is 10.3 Å². The van der Waals surface area contributed by atoms with E-state index in [9.17, 15) is 9.90 Å². The Kier molecular flexibility index (Phi) is 3.80. The number of amides is 1. The van der Waals surface area contributed by atoms with Gasteiger partial charge in [-0.15, -0.1) is 0 Å². The van der Waals surface area contributed by atoms with E-state index in [0.29, 0.717) is 5.82 Å². The zero-order valence-electron chi connectivity index (χ0n) is 11.0. The van der Waals surface area contributed by atoms with Crippen LogP contribution in [-0.2, 0) is 11.2 Å². The highest BCUT2D eigenvalue weighted by Crippen LogP contribution is 2.13. The molecule has 4 nitrogen and oxygen atoms in total. The third-order valence-electron chi connectivity index (χ3n) is 2.64. The van der Waals surface area contributed by atoms with Crippen LogP contribution in [0.15, 0.2) is 36.4 Å².